The standard InChI is InChI=1S/C17H26O4.C3H8/c1-5-11-20-21-13-19-16(18)17(3,4)12-14(2)15-9-7-6-8-10-15;1-3-2/h6-10,14H,5,11-13H2,1-4H3;3H2,1-2H3. The van der Waals surface area contributed by atoms with Crippen molar-refractivity contribution in [3.63, 3.8) is 0 Å². The van der Waals surface area contributed by atoms with E-state index in [1.807, 2.05) is 39.0 Å². The third-order valence-corrected chi connectivity index (χ3v) is 3.35. The molecule has 1 rings (SSSR count). The van der Waals surface area contributed by atoms with Gasteiger partial charge in [0.15, 0.2) is 0 Å². The van der Waals surface area contributed by atoms with Crippen molar-refractivity contribution in [1.29, 1.82) is 0 Å². The zero-order chi connectivity index (χ0) is 18.4. The Hall–Kier alpha value is -1.39. The minimum absolute atomic E-state index is 0.165. The lowest BCUT2D eigenvalue weighted by molar-refractivity contribution is -0.331. The zero-order valence-corrected chi connectivity index (χ0v) is 16.1. The van der Waals surface area contributed by atoms with Crippen LogP contribution < -0.4 is 0 Å². The summed E-state index contributed by atoms with van der Waals surface area (Å²) in [5, 5.41) is 0. The number of carbonyl (C=O) groups excluding carboxylic acids is 1. The van der Waals surface area contributed by atoms with Gasteiger partial charge in [0.05, 0.1) is 12.0 Å². The van der Waals surface area contributed by atoms with Gasteiger partial charge in [0.2, 0.25) is 6.79 Å². The van der Waals surface area contributed by atoms with E-state index in [0.29, 0.717) is 13.0 Å². The van der Waals surface area contributed by atoms with Gasteiger partial charge in [-0.15, -0.1) is 0 Å². The summed E-state index contributed by atoms with van der Waals surface area (Å²) in [6, 6.07) is 10.2. The number of hydrogen-bond donors (Lipinski definition) is 0. The predicted molar refractivity (Wildman–Crippen MR) is 97.5 cm³/mol. The summed E-state index contributed by atoms with van der Waals surface area (Å²) in [4.78, 5) is 21.7. The molecule has 0 amide bonds. The van der Waals surface area contributed by atoms with Crippen molar-refractivity contribution in [3.8, 4) is 0 Å². The maximum absolute atomic E-state index is 12.1. The van der Waals surface area contributed by atoms with Crippen LogP contribution in [0, 0.1) is 5.41 Å². The Labute approximate surface area is 147 Å². The van der Waals surface area contributed by atoms with Crippen molar-refractivity contribution in [2.45, 2.75) is 66.7 Å². The molecule has 0 aliphatic carbocycles. The van der Waals surface area contributed by atoms with E-state index in [4.69, 9.17) is 14.5 Å². The Kier molecular flexibility index (Phi) is 12.2. The summed E-state index contributed by atoms with van der Waals surface area (Å²) in [6.45, 7) is 12.5. The van der Waals surface area contributed by atoms with Gasteiger partial charge in [-0.2, -0.15) is 4.89 Å². The average molecular weight is 338 g/mol. The van der Waals surface area contributed by atoms with E-state index in [9.17, 15) is 4.79 Å². The molecule has 0 aliphatic rings. The van der Waals surface area contributed by atoms with Crippen LogP contribution in [-0.2, 0) is 19.3 Å². The van der Waals surface area contributed by atoms with Crippen molar-refractivity contribution in [2.24, 2.45) is 5.41 Å². The first kappa shape index (κ1) is 22.6. The molecule has 0 aromatic heterocycles. The molecule has 24 heavy (non-hydrogen) atoms. The van der Waals surface area contributed by atoms with Crippen LogP contribution in [0.1, 0.15) is 72.3 Å². The fraction of sp³-hybridized carbons (Fsp3) is 0.650. The predicted octanol–water partition coefficient (Wildman–Crippen LogP) is 5.48. The molecule has 0 fully saturated rings. The van der Waals surface area contributed by atoms with Crippen LogP contribution in [0.4, 0.5) is 0 Å². The molecular formula is C20H34O4. The van der Waals surface area contributed by atoms with E-state index in [1.54, 1.807) is 0 Å². The lowest BCUT2D eigenvalue weighted by Crippen LogP contribution is -2.29. The van der Waals surface area contributed by atoms with E-state index in [0.717, 1.165) is 6.42 Å². The second kappa shape index (κ2) is 13.0. The van der Waals surface area contributed by atoms with E-state index in [1.165, 1.54) is 12.0 Å². The Bertz CT molecular complexity index is 429. The third-order valence-electron chi connectivity index (χ3n) is 3.35. The smallest absolute Gasteiger partial charge is 0.313 e. The molecule has 0 aliphatic heterocycles. The lowest BCUT2D eigenvalue weighted by Gasteiger charge is -2.26. The lowest BCUT2D eigenvalue weighted by atomic mass is 9.81. The summed E-state index contributed by atoms with van der Waals surface area (Å²) in [5.41, 5.74) is 0.657. The van der Waals surface area contributed by atoms with Crippen molar-refractivity contribution >= 4 is 5.97 Å². The van der Waals surface area contributed by atoms with Crippen LogP contribution in [0.15, 0.2) is 30.3 Å². The monoisotopic (exact) mass is 338 g/mol. The van der Waals surface area contributed by atoms with Crippen molar-refractivity contribution in [2.75, 3.05) is 13.4 Å². The third kappa shape index (κ3) is 9.68. The maximum Gasteiger partial charge on any atom is 0.313 e. The Morgan fingerprint density at radius 2 is 1.67 bits per heavy atom. The highest BCUT2D eigenvalue weighted by Crippen LogP contribution is 2.32. The fourth-order valence-electron chi connectivity index (χ4n) is 2.20. The molecule has 0 saturated carbocycles. The van der Waals surface area contributed by atoms with Crippen molar-refractivity contribution in [1.82, 2.24) is 0 Å². The highest BCUT2D eigenvalue weighted by Gasteiger charge is 2.31. The summed E-state index contributed by atoms with van der Waals surface area (Å²) in [6.07, 6.45) is 2.82. The molecule has 1 aromatic carbocycles. The van der Waals surface area contributed by atoms with Gasteiger partial charge in [0.1, 0.15) is 0 Å². The molecule has 0 saturated heterocycles. The first-order chi connectivity index (χ1) is 11.4. The van der Waals surface area contributed by atoms with E-state index in [2.05, 4.69) is 32.9 Å². The van der Waals surface area contributed by atoms with Gasteiger partial charge in [-0.3, -0.25) is 4.79 Å². The normalized spacial score (nSPS) is 12.1. The van der Waals surface area contributed by atoms with Crippen LogP contribution in [0.2, 0.25) is 0 Å². The molecule has 0 heterocycles. The quantitative estimate of drug-likeness (QED) is 0.197. The topological polar surface area (TPSA) is 44.8 Å². The number of hydrogen-bond acceptors (Lipinski definition) is 4. The molecule has 4 heteroatoms. The van der Waals surface area contributed by atoms with E-state index >= 15 is 0 Å². The number of rotatable bonds is 9. The molecule has 1 aromatic rings. The minimum atomic E-state index is -0.566. The first-order valence-electron chi connectivity index (χ1n) is 8.85. The second-order valence-electron chi connectivity index (χ2n) is 6.60. The van der Waals surface area contributed by atoms with Crippen LogP contribution >= 0.6 is 0 Å². The van der Waals surface area contributed by atoms with Crippen molar-refractivity contribution in [3.05, 3.63) is 35.9 Å². The summed E-state index contributed by atoms with van der Waals surface area (Å²) in [5.74, 6) is 0.0105. The van der Waals surface area contributed by atoms with Gasteiger partial charge < -0.3 is 4.74 Å². The maximum atomic E-state index is 12.1. The van der Waals surface area contributed by atoms with Gasteiger partial charge in [-0.1, -0.05) is 64.4 Å². The molecule has 1 atom stereocenters. The molecular weight excluding hydrogens is 304 g/mol. The number of ether oxygens (including phenoxy) is 1. The molecule has 138 valence electrons. The summed E-state index contributed by atoms with van der Waals surface area (Å²) >= 11 is 0. The highest BCUT2D eigenvalue weighted by molar-refractivity contribution is 5.75. The zero-order valence-electron chi connectivity index (χ0n) is 16.1. The van der Waals surface area contributed by atoms with Gasteiger partial charge >= 0.3 is 5.97 Å². The van der Waals surface area contributed by atoms with Crippen LogP contribution in [-0.4, -0.2) is 19.4 Å². The minimum Gasteiger partial charge on any atom is -0.435 e. The fourth-order valence-corrected chi connectivity index (χ4v) is 2.20. The van der Waals surface area contributed by atoms with Crippen LogP contribution in [0.25, 0.3) is 0 Å². The summed E-state index contributed by atoms with van der Waals surface area (Å²) < 4.78 is 5.10. The first-order valence-corrected chi connectivity index (χ1v) is 8.85. The highest BCUT2D eigenvalue weighted by atomic mass is 17.2. The molecule has 0 bridgehead atoms. The Balaban J connectivity index is 0.00000163. The van der Waals surface area contributed by atoms with Gasteiger partial charge in [-0.05, 0) is 38.2 Å². The number of benzene rings is 1. The molecule has 0 spiro atoms. The average Bonchev–Trinajstić information content (AvgIpc) is 2.55. The van der Waals surface area contributed by atoms with Gasteiger partial charge in [0, 0.05) is 0 Å². The second-order valence-corrected chi connectivity index (χ2v) is 6.60. The Morgan fingerprint density at radius 1 is 1.08 bits per heavy atom. The SMILES string of the molecule is CCC.CCCOOCOC(=O)C(C)(C)CC(C)c1ccccc1. The molecule has 0 radical (unpaired) electrons. The number of esters is 1. The largest absolute Gasteiger partial charge is 0.435 e. The van der Waals surface area contributed by atoms with Gasteiger partial charge in [0.25, 0.3) is 0 Å². The van der Waals surface area contributed by atoms with E-state index in [-0.39, 0.29) is 18.7 Å². The molecule has 4 nitrogen and oxygen atoms in total. The summed E-state index contributed by atoms with van der Waals surface area (Å²) in [7, 11) is 0. The van der Waals surface area contributed by atoms with Crippen LogP contribution in [0.3, 0.4) is 0 Å². The number of carbonyl (C=O) groups is 1. The van der Waals surface area contributed by atoms with Crippen LogP contribution in [0.5, 0.6) is 0 Å². The molecule has 1 unspecified atom stereocenters. The molecule has 0 N–H and O–H groups in total. The Morgan fingerprint density at radius 3 is 2.21 bits per heavy atom. The van der Waals surface area contributed by atoms with Crippen molar-refractivity contribution < 1.29 is 19.3 Å². The van der Waals surface area contributed by atoms with Gasteiger partial charge in [-0.25, -0.2) is 4.89 Å². The van der Waals surface area contributed by atoms with E-state index < -0.39 is 5.41 Å².